The number of aliphatic hydroxyl groups excluding tert-OH is 2. The average Bonchev–Trinajstić information content (AvgIpc) is 3.08. The minimum absolute atomic E-state index is 0.219. The summed E-state index contributed by atoms with van der Waals surface area (Å²) < 4.78 is 15.5. The summed E-state index contributed by atoms with van der Waals surface area (Å²) in [5.41, 5.74) is -0.240. The van der Waals surface area contributed by atoms with E-state index in [0.29, 0.717) is 18.4 Å². The fourth-order valence-electron chi connectivity index (χ4n) is 3.51. The molecule has 0 unspecified atom stereocenters. The van der Waals surface area contributed by atoms with Crippen molar-refractivity contribution in [1.29, 1.82) is 0 Å². The number of rotatable bonds is 1. The van der Waals surface area contributed by atoms with Crippen molar-refractivity contribution in [3.63, 3.8) is 0 Å². The van der Waals surface area contributed by atoms with Crippen LogP contribution in [0.2, 0.25) is 0 Å². The van der Waals surface area contributed by atoms with Crippen molar-refractivity contribution < 1.29 is 29.2 Å². The van der Waals surface area contributed by atoms with Crippen LogP contribution in [0.3, 0.4) is 0 Å². The largest absolute Gasteiger partial charge is 0.472 e. The minimum Gasteiger partial charge on any atom is -0.472 e. The molecular weight excluding hydrogens is 252 g/mol. The first kappa shape index (κ1) is 12.9. The van der Waals surface area contributed by atoms with E-state index in [1.807, 2.05) is 6.92 Å². The van der Waals surface area contributed by atoms with E-state index in [4.69, 9.17) is 14.2 Å². The van der Waals surface area contributed by atoms with Gasteiger partial charge in [-0.25, -0.2) is 4.79 Å². The molecule has 0 aromatic rings. The number of carbonyl (C=O) groups is 1. The van der Waals surface area contributed by atoms with Gasteiger partial charge in [0, 0.05) is 5.92 Å². The summed E-state index contributed by atoms with van der Waals surface area (Å²) >= 11 is 0. The summed E-state index contributed by atoms with van der Waals surface area (Å²) in [5.74, 6) is -1.05. The normalized spacial score (nSPS) is 48.0. The number of aliphatic hydroxyl groups is 2. The Morgan fingerprint density at radius 2 is 2.21 bits per heavy atom. The molecule has 6 atom stereocenters. The van der Waals surface area contributed by atoms with Crippen molar-refractivity contribution in [2.45, 2.75) is 43.9 Å². The lowest BCUT2D eigenvalue weighted by atomic mass is 9.75. The lowest BCUT2D eigenvalue weighted by molar-refractivity contribution is -0.151. The molecule has 2 heterocycles. The van der Waals surface area contributed by atoms with E-state index in [2.05, 4.69) is 0 Å². The number of esters is 1. The van der Waals surface area contributed by atoms with Crippen molar-refractivity contribution in [2.75, 3.05) is 7.11 Å². The van der Waals surface area contributed by atoms with E-state index in [0.717, 1.165) is 0 Å². The van der Waals surface area contributed by atoms with Gasteiger partial charge in [-0.1, -0.05) is 0 Å². The molecule has 2 aliphatic heterocycles. The van der Waals surface area contributed by atoms with Gasteiger partial charge < -0.3 is 24.4 Å². The van der Waals surface area contributed by atoms with E-state index < -0.39 is 24.0 Å². The molecule has 0 spiro atoms. The zero-order chi connectivity index (χ0) is 13.8. The molecule has 3 aliphatic rings. The first-order valence-corrected chi connectivity index (χ1v) is 6.47. The van der Waals surface area contributed by atoms with Gasteiger partial charge in [-0.2, -0.15) is 0 Å². The molecule has 0 aromatic carbocycles. The van der Waals surface area contributed by atoms with Gasteiger partial charge in [0.05, 0.1) is 31.0 Å². The molecular formula is C13H18O6. The van der Waals surface area contributed by atoms with Crippen molar-refractivity contribution in [1.82, 2.24) is 0 Å². The summed E-state index contributed by atoms with van der Waals surface area (Å²) in [6, 6.07) is 0. The van der Waals surface area contributed by atoms with Gasteiger partial charge in [0.15, 0.2) is 0 Å². The maximum absolute atomic E-state index is 11.8. The molecule has 1 saturated carbocycles. The number of ether oxygens (including phenoxy) is 3. The third kappa shape index (κ3) is 1.78. The second-order valence-corrected chi connectivity index (χ2v) is 5.59. The van der Waals surface area contributed by atoms with Crippen LogP contribution in [0.5, 0.6) is 0 Å². The van der Waals surface area contributed by atoms with Crippen LogP contribution in [0.25, 0.3) is 0 Å². The Labute approximate surface area is 111 Å². The molecule has 6 heteroatoms. The lowest BCUT2D eigenvalue weighted by Crippen LogP contribution is -2.44. The maximum atomic E-state index is 11.8. The zero-order valence-electron chi connectivity index (χ0n) is 10.9. The van der Waals surface area contributed by atoms with E-state index in [1.165, 1.54) is 13.4 Å². The van der Waals surface area contributed by atoms with Gasteiger partial charge in [-0.05, 0) is 19.8 Å². The average molecular weight is 270 g/mol. The van der Waals surface area contributed by atoms with E-state index in [1.54, 1.807) is 0 Å². The Morgan fingerprint density at radius 1 is 1.47 bits per heavy atom. The zero-order valence-corrected chi connectivity index (χ0v) is 10.9. The molecule has 2 fully saturated rings. The Balaban J connectivity index is 1.96. The van der Waals surface area contributed by atoms with E-state index >= 15 is 0 Å². The maximum Gasteiger partial charge on any atom is 0.337 e. The summed E-state index contributed by atoms with van der Waals surface area (Å²) in [5, 5.41) is 20.1. The van der Waals surface area contributed by atoms with Crippen LogP contribution in [0, 0.1) is 11.8 Å². The van der Waals surface area contributed by atoms with Crippen molar-refractivity contribution in [2.24, 2.45) is 11.8 Å². The van der Waals surface area contributed by atoms with Gasteiger partial charge in [0.25, 0.3) is 0 Å². The quantitative estimate of drug-likeness (QED) is 0.512. The lowest BCUT2D eigenvalue weighted by Gasteiger charge is -2.36. The number of fused-ring (bicyclic) bond motifs is 3. The molecule has 1 saturated heterocycles. The van der Waals surface area contributed by atoms with Crippen molar-refractivity contribution in [3.05, 3.63) is 11.8 Å². The highest BCUT2D eigenvalue weighted by Gasteiger charge is 2.67. The molecule has 0 amide bonds. The van der Waals surface area contributed by atoms with Crippen LogP contribution < -0.4 is 0 Å². The van der Waals surface area contributed by atoms with Crippen LogP contribution >= 0.6 is 0 Å². The fourth-order valence-corrected chi connectivity index (χ4v) is 3.51. The number of methoxy groups -OCH3 is 1. The van der Waals surface area contributed by atoms with Gasteiger partial charge in [-0.15, -0.1) is 0 Å². The van der Waals surface area contributed by atoms with E-state index in [-0.39, 0.29) is 17.9 Å². The second kappa shape index (κ2) is 4.19. The highest BCUT2D eigenvalue weighted by Crippen LogP contribution is 2.55. The predicted octanol–water partition coefficient (Wildman–Crippen LogP) is -0.0635. The molecule has 3 rings (SSSR count). The summed E-state index contributed by atoms with van der Waals surface area (Å²) in [7, 11) is 1.31. The van der Waals surface area contributed by atoms with Crippen molar-refractivity contribution >= 4 is 5.97 Å². The van der Waals surface area contributed by atoms with Crippen LogP contribution in [0.15, 0.2) is 11.8 Å². The van der Waals surface area contributed by atoms with Crippen molar-refractivity contribution in [3.8, 4) is 0 Å². The smallest absolute Gasteiger partial charge is 0.337 e. The SMILES string of the molecule is COC(=O)C1=CO[C@H](O)[C@H]2[C@H]1CC[C@H](O)[C@@H]1O[C@]21C. The standard InChI is InChI=1S/C13H18O6/c1-13-9-6(3-4-8(14)10(13)19-13)7(11(15)17-2)5-18-12(9)16/h5-6,8-10,12,14,16H,3-4H2,1-2H3/t6-,8-,9+,10-,12-,13+/m0/s1. The molecule has 19 heavy (non-hydrogen) atoms. The number of epoxide rings is 1. The summed E-state index contributed by atoms with van der Waals surface area (Å²) in [6.07, 6.45) is 0.513. The van der Waals surface area contributed by atoms with Crippen LogP contribution in [-0.4, -0.2) is 47.4 Å². The third-order valence-corrected chi connectivity index (χ3v) is 4.57. The van der Waals surface area contributed by atoms with Crippen LogP contribution in [-0.2, 0) is 19.0 Å². The Kier molecular flexibility index (Phi) is 2.85. The minimum atomic E-state index is -1.03. The summed E-state index contributed by atoms with van der Waals surface area (Å²) in [6.45, 7) is 1.84. The molecule has 1 aliphatic carbocycles. The molecule has 0 aromatic heterocycles. The van der Waals surface area contributed by atoms with Gasteiger partial charge in [0.2, 0.25) is 6.29 Å². The molecule has 2 N–H and O–H groups in total. The van der Waals surface area contributed by atoms with Gasteiger partial charge in [0.1, 0.15) is 11.7 Å². The molecule has 106 valence electrons. The first-order chi connectivity index (χ1) is 8.99. The first-order valence-electron chi connectivity index (χ1n) is 6.47. The second-order valence-electron chi connectivity index (χ2n) is 5.59. The number of hydrogen-bond acceptors (Lipinski definition) is 6. The molecule has 0 bridgehead atoms. The number of hydrogen-bond donors (Lipinski definition) is 2. The highest BCUT2D eigenvalue weighted by atomic mass is 16.6. The Morgan fingerprint density at radius 3 is 2.89 bits per heavy atom. The highest BCUT2D eigenvalue weighted by molar-refractivity contribution is 5.89. The Hall–Kier alpha value is -1.11. The van der Waals surface area contributed by atoms with E-state index in [9.17, 15) is 15.0 Å². The van der Waals surface area contributed by atoms with Gasteiger partial charge in [-0.3, -0.25) is 0 Å². The number of carbonyl (C=O) groups excluding carboxylic acids is 1. The third-order valence-electron chi connectivity index (χ3n) is 4.57. The molecule has 6 nitrogen and oxygen atoms in total. The predicted molar refractivity (Wildman–Crippen MR) is 62.7 cm³/mol. The summed E-state index contributed by atoms with van der Waals surface area (Å²) in [4.78, 5) is 11.8. The molecule has 0 radical (unpaired) electrons. The van der Waals surface area contributed by atoms with Crippen LogP contribution in [0.4, 0.5) is 0 Å². The van der Waals surface area contributed by atoms with Crippen LogP contribution in [0.1, 0.15) is 19.8 Å². The fraction of sp³-hybridized carbons (Fsp3) is 0.769. The monoisotopic (exact) mass is 270 g/mol. The topological polar surface area (TPSA) is 88.5 Å². The van der Waals surface area contributed by atoms with Gasteiger partial charge >= 0.3 is 5.97 Å². The Bertz CT molecular complexity index is 433.